The molecule has 1 aromatic rings. The van der Waals surface area contributed by atoms with E-state index in [1.807, 2.05) is 23.1 Å². The van der Waals surface area contributed by atoms with E-state index in [4.69, 9.17) is 0 Å². The van der Waals surface area contributed by atoms with Crippen molar-refractivity contribution in [1.29, 1.82) is 0 Å². The van der Waals surface area contributed by atoms with Gasteiger partial charge in [-0.15, -0.1) is 0 Å². The van der Waals surface area contributed by atoms with E-state index in [1.165, 1.54) is 0 Å². The van der Waals surface area contributed by atoms with E-state index in [-0.39, 0.29) is 5.91 Å². The zero-order chi connectivity index (χ0) is 14.7. The van der Waals surface area contributed by atoms with Crippen molar-refractivity contribution in [3.63, 3.8) is 0 Å². The Morgan fingerprint density at radius 1 is 1.35 bits per heavy atom. The first kappa shape index (κ1) is 16.0. The molecule has 0 aliphatic carbocycles. The van der Waals surface area contributed by atoms with Crippen molar-refractivity contribution in [3.05, 3.63) is 32.7 Å². The first-order chi connectivity index (χ1) is 9.56. The number of nitrogens with zero attached hydrogens (tertiary/aromatic N) is 2. The second-order valence-corrected chi connectivity index (χ2v) is 6.81. The average Bonchev–Trinajstić information content (AvgIpc) is 2.92. The van der Waals surface area contributed by atoms with Gasteiger partial charge in [-0.05, 0) is 53.6 Å². The second kappa shape index (κ2) is 7.05. The number of amides is 1. The summed E-state index contributed by atoms with van der Waals surface area (Å²) in [6, 6.07) is 6.23. The molecule has 1 fully saturated rings. The molecule has 0 N–H and O–H groups in total. The van der Waals surface area contributed by atoms with Gasteiger partial charge >= 0.3 is 0 Å². The summed E-state index contributed by atoms with van der Waals surface area (Å²) in [5.74, 6) is 0.118. The highest BCUT2D eigenvalue weighted by Gasteiger charge is 2.30. The van der Waals surface area contributed by atoms with Crippen LogP contribution in [0.15, 0.2) is 27.1 Å². The quantitative estimate of drug-likeness (QED) is 0.763. The fraction of sp³-hybridized carbons (Fsp3) is 0.533. The Balaban J connectivity index is 2.10. The predicted octanol–water partition coefficient (Wildman–Crippen LogP) is 3.77. The molecule has 1 aliphatic heterocycles. The molecule has 0 bridgehead atoms. The van der Waals surface area contributed by atoms with Crippen LogP contribution in [0.2, 0.25) is 0 Å². The summed E-state index contributed by atoms with van der Waals surface area (Å²) in [5.41, 5.74) is 0.736. The van der Waals surface area contributed by atoms with Crippen molar-refractivity contribution in [1.82, 2.24) is 9.80 Å². The van der Waals surface area contributed by atoms with Gasteiger partial charge in [0.1, 0.15) is 0 Å². The molecule has 5 heteroatoms. The lowest BCUT2D eigenvalue weighted by Crippen LogP contribution is -2.38. The smallest absolute Gasteiger partial charge is 0.255 e. The number of halogens is 2. The molecule has 1 atom stereocenters. The van der Waals surface area contributed by atoms with Gasteiger partial charge in [0.15, 0.2) is 0 Å². The van der Waals surface area contributed by atoms with Crippen LogP contribution in [0.1, 0.15) is 30.6 Å². The number of benzene rings is 1. The summed E-state index contributed by atoms with van der Waals surface area (Å²) in [7, 11) is 0. The highest BCUT2D eigenvalue weighted by atomic mass is 79.9. The van der Waals surface area contributed by atoms with Crippen molar-refractivity contribution in [2.45, 2.75) is 26.3 Å². The third-order valence-corrected chi connectivity index (χ3v) is 5.12. The summed E-state index contributed by atoms with van der Waals surface area (Å²) >= 11 is 6.90. The van der Waals surface area contributed by atoms with Crippen molar-refractivity contribution in [3.8, 4) is 0 Å². The molecule has 1 amide bonds. The summed E-state index contributed by atoms with van der Waals surface area (Å²) in [6.07, 6.45) is 1.07. The average molecular weight is 404 g/mol. The monoisotopic (exact) mass is 402 g/mol. The van der Waals surface area contributed by atoms with Gasteiger partial charge in [0, 0.05) is 28.1 Å². The SMILES string of the molecule is CCN(CC)C1CCN(C(=O)c2cc(Br)ccc2Br)C1. The first-order valence-electron chi connectivity index (χ1n) is 7.05. The topological polar surface area (TPSA) is 23.6 Å². The van der Waals surface area contributed by atoms with Gasteiger partial charge < -0.3 is 4.90 Å². The highest BCUT2D eigenvalue weighted by Crippen LogP contribution is 2.25. The van der Waals surface area contributed by atoms with E-state index < -0.39 is 0 Å². The molecule has 1 unspecified atom stereocenters. The van der Waals surface area contributed by atoms with E-state index in [1.54, 1.807) is 0 Å². The zero-order valence-corrected chi connectivity index (χ0v) is 15.1. The first-order valence-corrected chi connectivity index (χ1v) is 8.63. The largest absolute Gasteiger partial charge is 0.337 e. The van der Waals surface area contributed by atoms with E-state index in [0.29, 0.717) is 6.04 Å². The summed E-state index contributed by atoms with van der Waals surface area (Å²) < 4.78 is 1.79. The number of hydrogen-bond acceptors (Lipinski definition) is 2. The molecule has 0 spiro atoms. The number of hydrogen-bond donors (Lipinski definition) is 0. The third kappa shape index (κ3) is 3.43. The summed E-state index contributed by atoms with van der Waals surface area (Å²) in [5, 5.41) is 0. The van der Waals surface area contributed by atoms with Crippen LogP contribution in [0.5, 0.6) is 0 Å². The molecule has 0 radical (unpaired) electrons. The fourth-order valence-corrected chi connectivity index (χ4v) is 3.57. The minimum Gasteiger partial charge on any atom is -0.337 e. The van der Waals surface area contributed by atoms with Crippen LogP contribution in [-0.2, 0) is 0 Å². The highest BCUT2D eigenvalue weighted by molar-refractivity contribution is 9.11. The molecule has 0 aromatic heterocycles. The second-order valence-electron chi connectivity index (χ2n) is 5.04. The van der Waals surface area contributed by atoms with Gasteiger partial charge in [-0.2, -0.15) is 0 Å². The van der Waals surface area contributed by atoms with E-state index in [0.717, 1.165) is 47.1 Å². The molecule has 0 saturated carbocycles. The maximum atomic E-state index is 12.6. The molecular weight excluding hydrogens is 384 g/mol. The molecule has 20 heavy (non-hydrogen) atoms. The summed E-state index contributed by atoms with van der Waals surface area (Å²) in [6.45, 7) is 8.13. The number of carbonyl (C=O) groups is 1. The predicted molar refractivity (Wildman–Crippen MR) is 89.1 cm³/mol. The van der Waals surface area contributed by atoms with Gasteiger partial charge in [0.05, 0.1) is 5.56 Å². The Hall–Kier alpha value is -0.390. The van der Waals surface area contributed by atoms with E-state index in [2.05, 4.69) is 50.6 Å². The zero-order valence-electron chi connectivity index (χ0n) is 11.9. The van der Waals surface area contributed by atoms with Crippen LogP contribution < -0.4 is 0 Å². The van der Waals surface area contributed by atoms with Crippen LogP contribution in [0, 0.1) is 0 Å². The third-order valence-electron chi connectivity index (χ3n) is 3.94. The van der Waals surface area contributed by atoms with Crippen molar-refractivity contribution >= 4 is 37.8 Å². The van der Waals surface area contributed by atoms with E-state index >= 15 is 0 Å². The maximum Gasteiger partial charge on any atom is 0.255 e. The number of likely N-dealkylation sites (tertiary alicyclic amines) is 1. The van der Waals surface area contributed by atoms with Crippen molar-refractivity contribution in [2.24, 2.45) is 0 Å². The Bertz CT molecular complexity index is 489. The van der Waals surface area contributed by atoms with Crippen LogP contribution in [0.25, 0.3) is 0 Å². The Morgan fingerprint density at radius 3 is 2.70 bits per heavy atom. The van der Waals surface area contributed by atoms with Crippen molar-refractivity contribution < 1.29 is 4.79 Å². The Labute approximate surface area is 137 Å². The van der Waals surface area contributed by atoms with Gasteiger partial charge in [0.2, 0.25) is 0 Å². The molecular formula is C15H20Br2N2O. The minimum atomic E-state index is 0.118. The maximum absolute atomic E-state index is 12.6. The lowest BCUT2D eigenvalue weighted by atomic mass is 10.2. The van der Waals surface area contributed by atoms with Crippen LogP contribution in [0.4, 0.5) is 0 Å². The summed E-state index contributed by atoms with van der Waals surface area (Å²) in [4.78, 5) is 17.0. The van der Waals surface area contributed by atoms with Gasteiger partial charge in [-0.25, -0.2) is 0 Å². The molecule has 1 aliphatic rings. The molecule has 1 saturated heterocycles. The van der Waals surface area contributed by atoms with Crippen LogP contribution >= 0.6 is 31.9 Å². The molecule has 1 aromatic carbocycles. The molecule has 3 nitrogen and oxygen atoms in total. The fourth-order valence-electron chi connectivity index (χ4n) is 2.80. The van der Waals surface area contributed by atoms with Gasteiger partial charge in [-0.3, -0.25) is 9.69 Å². The number of rotatable bonds is 4. The Morgan fingerprint density at radius 2 is 2.05 bits per heavy atom. The van der Waals surface area contributed by atoms with Crippen molar-refractivity contribution in [2.75, 3.05) is 26.2 Å². The lowest BCUT2D eigenvalue weighted by molar-refractivity contribution is 0.0777. The number of likely N-dealkylation sites (N-methyl/N-ethyl adjacent to an activating group) is 1. The number of carbonyl (C=O) groups excluding carboxylic acids is 1. The normalized spacial score (nSPS) is 18.9. The van der Waals surface area contributed by atoms with Crippen LogP contribution in [0.3, 0.4) is 0 Å². The van der Waals surface area contributed by atoms with Gasteiger partial charge in [-0.1, -0.05) is 29.8 Å². The van der Waals surface area contributed by atoms with Gasteiger partial charge in [0.25, 0.3) is 5.91 Å². The molecule has 1 heterocycles. The molecule has 2 rings (SSSR count). The minimum absolute atomic E-state index is 0.118. The van der Waals surface area contributed by atoms with E-state index in [9.17, 15) is 4.79 Å². The Kier molecular flexibility index (Phi) is 5.64. The standard InChI is InChI=1S/C15H20Br2N2O/c1-3-18(4-2)12-7-8-19(10-12)15(20)13-9-11(16)5-6-14(13)17/h5-6,9,12H,3-4,7-8,10H2,1-2H3. The molecule has 110 valence electrons. The van der Waals surface area contributed by atoms with Crippen LogP contribution in [-0.4, -0.2) is 47.9 Å². The lowest BCUT2D eigenvalue weighted by Gasteiger charge is -2.26.